The fraction of sp³-hybridized carbons (Fsp3) is 0.533. The number of hydrogen-bond acceptors (Lipinski definition) is 2. The number of amides is 1. The SMILES string of the molecule is CC(C)Oc1cccc(C(=O)N(CCCl)C(C)C)c1. The van der Waals surface area contributed by atoms with Crippen molar-refractivity contribution in [2.24, 2.45) is 0 Å². The number of halogens is 1. The summed E-state index contributed by atoms with van der Waals surface area (Å²) in [5.41, 5.74) is 0.636. The molecule has 0 heterocycles. The van der Waals surface area contributed by atoms with Crippen LogP contribution >= 0.6 is 11.6 Å². The molecule has 3 nitrogen and oxygen atoms in total. The van der Waals surface area contributed by atoms with Crippen LogP contribution < -0.4 is 4.74 Å². The van der Waals surface area contributed by atoms with E-state index in [0.717, 1.165) is 5.75 Å². The Kier molecular flexibility index (Phi) is 6.16. The van der Waals surface area contributed by atoms with Crippen LogP contribution in [0.1, 0.15) is 38.1 Å². The zero-order chi connectivity index (χ0) is 14.4. The van der Waals surface area contributed by atoms with Gasteiger partial charge in [0.05, 0.1) is 6.10 Å². The second-order valence-corrected chi connectivity index (χ2v) is 5.35. The summed E-state index contributed by atoms with van der Waals surface area (Å²) in [4.78, 5) is 14.2. The molecule has 19 heavy (non-hydrogen) atoms. The molecule has 1 amide bonds. The monoisotopic (exact) mass is 283 g/mol. The van der Waals surface area contributed by atoms with E-state index in [2.05, 4.69) is 0 Å². The lowest BCUT2D eigenvalue weighted by molar-refractivity contribution is 0.0717. The highest BCUT2D eigenvalue weighted by Crippen LogP contribution is 2.17. The molecular formula is C15H22ClNO2. The number of carbonyl (C=O) groups excluding carboxylic acids is 1. The van der Waals surface area contributed by atoms with Crippen molar-refractivity contribution < 1.29 is 9.53 Å². The molecule has 1 rings (SSSR count). The fourth-order valence-electron chi connectivity index (χ4n) is 1.83. The lowest BCUT2D eigenvalue weighted by Crippen LogP contribution is -2.38. The maximum absolute atomic E-state index is 12.4. The minimum atomic E-state index is -0.00939. The number of alkyl halides is 1. The number of benzene rings is 1. The van der Waals surface area contributed by atoms with E-state index in [9.17, 15) is 4.79 Å². The summed E-state index contributed by atoms with van der Waals surface area (Å²) in [6.07, 6.45) is 0.0920. The summed E-state index contributed by atoms with van der Waals surface area (Å²) in [6.45, 7) is 8.44. The smallest absolute Gasteiger partial charge is 0.254 e. The molecule has 0 N–H and O–H groups in total. The summed E-state index contributed by atoms with van der Waals surface area (Å²) in [5, 5.41) is 0. The van der Waals surface area contributed by atoms with Gasteiger partial charge in [0.25, 0.3) is 5.91 Å². The maximum atomic E-state index is 12.4. The second-order valence-electron chi connectivity index (χ2n) is 4.98. The van der Waals surface area contributed by atoms with Crippen molar-refractivity contribution in [1.29, 1.82) is 0 Å². The zero-order valence-electron chi connectivity index (χ0n) is 12.0. The van der Waals surface area contributed by atoms with Crippen molar-refractivity contribution in [3.63, 3.8) is 0 Å². The van der Waals surface area contributed by atoms with Gasteiger partial charge in [-0.3, -0.25) is 4.79 Å². The van der Waals surface area contributed by atoms with Crippen molar-refractivity contribution >= 4 is 17.5 Å². The normalized spacial score (nSPS) is 10.9. The van der Waals surface area contributed by atoms with E-state index in [-0.39, 0.29) is 18.1 Å². The van der Waals surface area contributed by atoms with Gasteiger partial charge in [0, 0.05) is 24.0 Å². The standard InChI is InChI=1S/C15H22ClNO2/c1-11(2)17(9-8-16)15(18)13-6-5-7-14(10-13)19-12(3)4/h5-7,10-12H,8-9H2,1-4H3. The molecule has 0 atom stereocenters. The van der Waals surface area contributed by atoms with E-state index in [1.807, 2.05) is 39.8 Å². The minimum absolute atomic E-state index is 0.00939. The molecule has 0 radical (unpaired) electrons. The van der Waals surface area contributed by atoms with Crippen LogP contribution in [0.2, 0.25) is 0 Å². The molecule has 0 fully saturated rings. The predicted octanol–water partition coefficient (Wildman–Crippen LogP) is 3.56. The van der Waals surface area contributed by atoms with Crippen LogP contribution in [-0.2, 0) is 0 Å². The predicted molar refractivity (Wildman–Crippen MR) is 79.1 cm³/mol. The van der Waals surface area contributed by atoms with Gasteiger partial charge in [-0.05, 0) is 45.9 Å². The molecule has 0 saturated carbocycles. The van der Waals surface area contributed by atoms with Gasteiger partial charge >= 0.3 is 0 Å². The van der Waals surface area contributed by atoms with Gasteiger partial charge in [-0.25, -0.2) is 0 Å². The van der Waals surface area contributed by atoms with Crippen molar-refractivity contribution in [2.45, 2.75) is 39.8 Å². The summed E-state index contributed by atoms with van der Waals surface area (Å²) >= 11 is 5.75. The highest BCUT2D eigenvalue weighted by Gasteiger charge is 2.18. The molecule has 0 spiro atoms. The quantitative estimate of drug-likeness (QED) is 0.747. The van der Waals surface area contributed by atoms with Gasteiger partial charge in [0.1, 0.15) is 5.75 Å². The minimum Gasteiger partial charge on any atom is -0.491 e. The van der Waals surface area contributed by atoms with Crippen LogP contribution in [0.25, 0.3) is 0 Å². The Morgan fingerprint density at radius 1 is 1.32 bits per heavy atom. The van der Waals surface area contributed by atoms with Gasteiger partial charge in [-0.15, -0.1) is 11.6 Å². The highest BCUT2D eigenvalue weighted by atomic mass is 35.5. The van der Waals surface area contributed by atoms with E-state index in [1.165, 1.54) is 0 Å². The largest absolute Gasteiger partial charge is 0.491 e. The Labute approximate surface area is 120 Å². The first-order valence-corrected chi connectivity index (χ1v) is 7.12. The third-order valence-electron chi connectivity index (χ3n) is 2.66. The number of hydrogen-bond donors (Lipinski definition) is 0. The van der Waals surface area contributed by atoms with Gasteiger partial charge in [0.2, 0.25) is 0 Å². The Bertz CT molecular complexity index is 418. The van der Waals surface area contributed by atoms with E-state index in [0.29, 0.717) is 18.0 Å². The van der Waals surface area contributed by atoms with Crippen LogP contribution in [-0.4, -0.2) is 35.4 Å². The Morgan fingerprint density at radius 2 is 2.00 bits per heavy atom. The van der Waals surface area contributed by atoms with Crippen molar-refractivity contribution in [1.82, 2.24) is 4.90 Å². The first-order valence-electron chi connectivity index (χ1n) is 6.59. The summed E-state index contributed by atoms with van der Waals surface area (Å²) in [6, 6.07) is 7.41. The van der Waals surface area contributed by atoms with E-state index < -0.39 is 0 Å². The zero-order valence-corrected chi connectivity index (χ0v) is 12.8. The molecule has 0 saturated heterocycles. The molecular weight excluding hydrogens is 262 g/mol. The van der Waals surface area contributed by atoms with Crippen LogP contribution in [0.15, 0.2) is 24.3 Å². The molecule has 0 aliphatic rings. The second kappa shape index (κ2) is 7.39. The number of carbonyl (C=O) groups is 1. The first-order chi connectivity index (χ1) is 8.95. The van der Waals surface area contributed by atoms with E-state index >= 15 is 0 Å². The summed E-state index contributed by atoms with van der Waals surface area (Å²) in [7, 11) is 0. The van der Waals surface area contributed by atoms with Gasteiger partial charge in [-0.2, -0.15) is 0 Å². The average molecular weight is 284 g/mol. The highest BCUT2D eigenvalue weighted by molar-refractivity contribution is 6.18. The first kappa shape index (κ1) is 15.8. The third kappa shape index (κ3) is 4.75. The molecule has 4 heteroatoms. The van der Waals surface area contributed by atoms with Crippen LogP contribution in [0.4, 0.5) is 0 Å². The Balaban J connectivity index is 2.91. The lowest BCUT2D eigenvalue weighted by Gasteiger charge is -2.26. The van der Waals surface area contributed by atoms with Crippen LogP contribution in [0.5, 0.6) is 5.75 Å². The Morgan fingerprint density at radius 3 is 2.53 bits per heavy atom. The maximum Gasteiger partial charge on any atom is 0.254 e. The number of nitrogens with zero attached hydrogens (tertiary/aromatic N) is 1. The van der Waals surface area contributed by atoms with Crippen molar-refractivity contribution in [2.75, 3.05) is 12.4 Å². The van der Waals surface area contributed by atoms with Crippen molar-refractivity contribution in [3.8, 4) is 5.75 Å². The molecule has 0 aliphatic carbocycles. The molecule has 0 aromatic heterocycles. The molecule has 0 bridgehead atoms. The van der Waals surface area contributed by atoms with Gasteiger partial charge < -0.3 is 9.64 Å². The van der Waals surface area contributed by atoms with Crippen molar-refractivity contribution in [3.05, 3.63) is 29.8 Å². The molecule has 1 aromatic carbocycles. The molecule has 0 unspecified atom stereocenters. The van der Waals surface area contributed by atoms with E-state index in [4.69, 9.17) is 16.3 Å². The summed E-state index contributed by atoms with van der Waals surface area (Å²) < 4.78 is 5.61. The van der Waals surface area contributed by atoms with Crippen LogP contribution in [0, 0.1) is 0 Å². The topological polar surface area (TPSA) is 29.5 Å². The summed E-state index contributed by atoms with van der Waals surface area (Å²) in [5.74, 6) is 1.15. The van der Waals surface area contributed by atoms with Gasteiger partial charge in [-0.1, -0.05) is 6.07 Å². The third-order valence-corrected chi connectivity index (χ3v) is 2.83. The van der Waals surface area contributed by atoms with Gasteiger partial charge in [0.15, 0.2) is 0 Å². The molecule has 0 aliphatic heterocycles. The number of ether oxygens (including phenoxy) is 1. The average Bonchev–Trinajstić information content (AvgIpc) is 2.34. The fourth-order valence-corrected chi connectivity index (χ4v) is 2.01. The van der Waals surface area contributed by atoms with Crippen LogP contribution in [0.3, 0.4) is 0 Å². The van der Waals surface area contributed by atoms with E-state index in [1.54, 1.807) is 17.0 Å². The molecule has 1 aromatic rings. The molecule has 106 valence electrons. The lowest BCUT2D eigenvalue weighted by atomic mass is 10.1. The Hall–Kier alpha value is -1.22. The number of rotatable bonds is 6.